The lowest BCUT2D eigenvalue weighted by atomic mass is 10.1. The second-order valence-corrected chi connectivity index (χ2v) is 7.37. The van der Waals surface area contributed by atoms with E-state index in [2.05, 4.69) is 0 Å². The predicted molar refractivity (Wildman–Crippen MR) is 106 cm³/mol. The van der Waals surface area contributed by atoms with Crippen LogP contribution in [0.1, 0.15) is 34.3 Å². The third-order valence-electron chi connectivity index (χ3n) is 5.41. The number of hydrogen-bond acceptors (Lipinski definition) is 6. The van der Waals surface area contributed by atoms with Crippen LogP contribution < -0.4 is 10.4 Å². The highest BCUT2D eigenvalue weighted by molar-refractivity contribution is 5.93. The molecule has 1 saturated heterocycles. The van der Waals surface area contributed by atoms with E-state index in [1.54, 1.807) is 17.0 Å². The normalized spacial score (nSPS) is 18.1. The molecule has 1 fully saturated rings. The molecule has 4 N–H and O–H groups in total. The topological polar surface area (TPSA) is 96.3 Å². The fourth-order valence-corrected chi connectivity index (χ4v) is 3.71. The molecule has 0 aliphatic carbocycles. The third-order valence-corrected chi connectivity index (χ3v) is 5.41. The van der Waals surface area contributed by atoms with Crippen LogP contribution in [0.25, 0.3) is 0 Å². The van der Waals surface area contributed by atoms with Crippen LogP contribution >= 0.6 is 0 Å². The Morgan fingerprint density at radius 3 is 2.35 bits per heavy atom. The van der Waals surface area contributed by atoms with E-state index in [1.165, 1.54) is 34.6 Å². The van der Waals surface area contributed by atoms with Gasteiger partial charge in [0, 0.05) is 30.4 Å². The van der Waals surface area contributed by atoms with Crippen molar-refractivity contribution in [3.63, 3.8) is 0 Å². The first-order chi connectivity index (χ1) is 14.7. The second kappa shape index (κ2) is 9.65. The van der Waals surface area contributed by atoms with Crippen LogP contribution in [0.5, 0.6) is 0 Å². The molecule has 10 heteroatoms. The van der Waals surface area contributed by atoms with Crippen molar-refractivity contribution in [2.75, 3.05) is 18.1 Å². The lowest BCUT2D eigenvalue weighted by Gasteiger charge is -2.38. The van der Waals surface area contributed by atoms with Crippen molar-refractivity contribution in [3.8, 4) is 0 Å². The number of benzene rings is 2. The summed E-state index contributed by atoms with van der Waals surface area (Å²) in [7, 11) is 0. The molecular weight excluding hydrogens is 415 g/mol. The number of rotatable bonds is 7. The molecule has 7 nitrogen and oxygen atoms in total. The van der Waals surface area contributed by atoms with Gasteiger partial charge in [-0.05, 0) is 54.8 Å². The highest BCUT2D eigenvalue weighted by atomic mass is 19.4. The van der Waals surface area contributed by atoms with E-state index < -0.39 is 24.0 Å². The van der Waals surface area contributed by atoms with E-state index in [9.17, 15) is 28.2 Å². The molecule has 2 aromatic carbocycles. The average molecular weight is 439 g/mol. The molecule has 31 heavy (non-hydrogen) atoms. The summed E-state index contributed by atoms with van der Waals surface area (Å²) in [5.41, 5.74) is 2.04. The predicted octanol–water partition coefficient (Wildman–Crippen LogP) is 2.56. The van der Waals surface area contributed by atoms with Gasteiger partial charge >= 0.3 is 6.18 Å². The number of carbonyl (C=O) groups excluding carboxylic acids is 1. The highest BCUT2D eigenvalue weighted by Crippen LogP contribution is 2.32. The first-order valence-corrected chi connectivity index (χ1v) is 9.76. The quantitative estimate of drug-likeness (QED) is 0.301. The van der Waals surface area contributed by atoms with Crippen LogP contribution in [0.4, 0.5) is 18.9 Å². The summed E-state index contributed by atoms with van der Waals surface area (Å²) < 4.78 is 38.9. The van der Waals surface area contributed by atoms with Gasteiger partial charge in [0.2, 0.25) is 0 Å². The Labute approximate surface area is 177 Å². The minimum absolute atomic E-state index is 0.136. The van der Waals surface area contributed by atoms with E-state index in [4.69, 9.17) is 5.21 Å². The van der Waals surface area contributed by atoms with E-state index in [1.807, 2.05) is 0 Å². The summed E-state index contributed by atoms with van der Waals surface area (Å²) in [6.07, 6.45) is -4.15. The molecule has 0 radical (unpaired) electrons. The number of nitrogens with one attached hydrogen (secondary N) is 1. The highest BCUT2D eigenvalue weighted by Gasteiger charge is 2.34. The lowest BCUT2D eigenvalue weighted by Crippen LogP contribution is -2.51. The zero-order valence-electron chi connectivity index (χ0n) is 16.6. The molecule has 0 bridgehead atoms. The van der Waals surface area contributed by atoms with Crippen LogP contribution in [0.3, 0.4) is 0 Å². The maximum atomic E-state index is 13.0. The molecule has 2 unspecified atom stereocenters. The van der Waals surface area contributed by atoms with Gasteiger partial charge in [0.15, 0.2) is 6.35 Å². The summed E-state index contributed by atoms with van der Waals surface area (Å²) in [5.74, 6) is -0.672. The molecule has 1 amide bonds. The van der Waals surface area contributed by atoms with Gasteiger partial charge in [0.05, 0.1) is 12.2 Å². The lowest BCUT2D eigenvalue weighted by molar-refractivity contribution is -0.137. The fourth-order valence-electron chi connectivity index (χ4n) is 3.71. The summed E-state index contributed by atoms with van der Waals surface area (Å²) in [5, 5.41) is 29.4. The largest absolute Gasteiger partial charge is 0.416 e. The van der Waals surface area contributed by atoms with Crippen LogP contribution in [-0.2, 0) is 12.7 Å². The number of alkyl halides is 3. The van der Waals surface area contributed by atoms with Gasteiger partial charge in [-0.1, -0.05) is 12.1 Å². The maximum Gasteiger partial charge on any atom is 0.416 e. The number of halogens is 3. The molecule has 2 aromatic rings. The maximum absolute atomic E-state index is 13.0. The number of hydroxylamine groups is 1. The SMILES string of the molecule is O=C(NO)c1ccc(CN(c2ccc(C(F)(F)F)cc2)C(O)N2CCCC2CO)cc1. The van der Waals surface area contributed by atoms with Crippen molar-refractivity contribution in [2.45, 2.75) is 38.0 Å². The standard InChI is InChI=1S/C21H24F3N3O4/c22-21(23,24)16-7-9-17(10-8-16)27(20(30)26-11-1-2-18(26)13-28)12-14-3-5-15(6-4-14)19(29)25-31/h3-10,18,20,28,30-31H,1-2,11-13H2,(H,25,29). The molecule has 1 heterocycles. The van der Waals surface area contributed by atoms with E-state index in [0.717, 1.165) is 18.6 Å². The second-order valence-electron chi connectivity index (χ2n) is 7.37. The van der Waals surface area contributed by atoms with Crippen molar-refractivity contribution in [1.29, 1.82) is 0 Å². The molecule has 1 aliphatic rings. The number of amides is 1. The first kappa shape index (κ1) is 23.0. The van der Waals surface area contributed by atoms with Crippen LogP contribution in [0.15, 0.2) is 48.5 Å². The third kappa shape index (κ3) is 5.34. The summed E-state index contributed by atoms with van der Waals surface area (Å²) in [4.78, 5) is 14.7. The zero-order chi connectivity index (χ0) is 22.6. The Morgan fingerprint density at radius 2 is 1.81 bits per heavy atom. The molecule has 1 aliphatic heterocycles. The minimum Gasteiger partial charge on any atom is -0.395 e. The van der Waals surface area contributed by atoms with Crippen molar-refractivity contribution in [3.05, 3.63) is 65.2 Å². The fraction of sp³-hybridized carbons (Fsp3) is 0.381. The first-order valence-electron chi connectivity index (χ1n) is 9.76. The molecule has 3 rings (SSSR count). The Kier molecular flexibility index (Phi) is 7.16. The van der Waals surface area contributed by atoms with Crippen molar-refractivity contribution in [2.24, 2.45) is 0 Å². The summed E-state index contributed by atoms with van der Waals surface area (Å²) in [6, 6.07) is 10.5. The number of aliphatic hydroxyl groups is 2. The smallest absolute Gasteiger partial charge is 0.395 e. The summed E-state index contributed by atoms with van der Waals surface area (Å²) in [6.45, 7) is 0.546. The number of nitrogens with zero attached hydrogens (tertiary/aromatic N) is 2. The molecule has 0 spiro atoms. The summed E-state index contributed by atoms with van der Waals surface area (Å²) >= 11 is 0. The van der Waals surface area contributed by atoms with Gasteiger partial charge in [0.1, 0.15) is 0 Å². The van der Waals surface area contributed by atoms with Gasteiger partial charge in [0.25, 0.3) is 5.91 Å². The number of anilines is 1. The Bertz CT molecular complexity index is 875. The molecular formula is C21H24F3N3O4. The zero-order valence-corrected chi connectivity index (χ0v) is 16.6. The van der Waals surface area contributed by atoms with Crippen LogP contribution in [-0.4, -0.2) is 51.8 Å². The molecule has 2 atom stereocenters. The van der Waals surface area contributed by atoms with E-state index in [0.29, 0.717) is 24.2 Å². The molecule has 0 saturated carbocycles. The Hall–Kier alpha value is -2.66. The number of aliphatic hydroxyl groups excluding tert-OH is 2. The van der Waals surface area contributed by atoms with Gasteiger partial charge in [-0.2, -0.15) is 13.2 Å². The van der Waals surface area contributed by atoms with Gasteiger partial charge in [-0.25, -0.2) is 5.48 Å². The van der Waals surface area contributed by atoms with Gasteiger partial charge < -0.3 is 15.1 Å². The van der Waals surface area contributed by atoms with Gasteiger partial charge in [-0.3, -0.25) is 14.9 Å². The van der Waals surface area contributed by atoms with E-state index in [-0.39, 0.29) is 24.8 Å². The number of hydrogen-bond donors (Lipinski definition) is 4. The van der Waals surface area contributed by atoms with Gasteiger partial charge in [-0.15, -0.1) is 0 Å². The number of carbonyl (C=O) groups is 1. The Balaban J connectivity index is 1.89. The molecule has 0 aromatic heterocycles. The minimum atomic E-state index is -4.47. The average Bonchev–Trinajstić information content (AvgIpc) is 3.25. The van der Waals surface area contributed by atoms with Crippen molar-refractivity contribution >= 4 is 11.6 Å². The monoisotopic (exact) mass is 439 g/mol. The number of likely N-dealkylation sites (tertiary alicyclic amines) is 1. The van der Waals surface area contributed by atoms with Crippen LogP contribution in [0.2, 0.25) is 0 Å². The van der Waals surface area contributed by atoms with E-state index >= 15 is 0 Å². The Morgan fingerprint density at radius 1 is 1.16 bits per heavy atom. The van der Waals surface area contributed by atoms with Crippen molar-refractivity contribution in [1.82, 2.24) is 10.4 Å². The molecule has 168 valence electrons. The van der Waals surface area contributed by atoms with Crippen molar-refractivity contribution < 1.29 is 33.4 Å². The van der Waals surface area contributed by atoms with Crippen LogP contribution in [0, 0.1) is 0 Å².